The fourth-order valence-electron chi connectivity index (χ4n) is 23.4. The second-order valence-corrected chi connectivity index (χ2v) is 31.9. The van der Waals surface area contributed by atoms with Crippen molar-refractivity contribution in [2.75, 3.05) is 0 Å². The summed E-state index contributed by atoms with van der Waals surface area (Å²) in [6.07, 6.45) is 43.8. The van der Waals surface area contributed by atoms with Crippen LogP contribution in [0, 0.1) is 47.3 Å². The molecule has 7 aliphatic carbocycles. The third-order valence-electron chi connectivity index (χ3n) is 26.9. The first-order valence-electron chi connectivity index (χ1n) is 39.7. The van der Waals surface area contributed by atoms with Gasteiger partial charge in [-0.3, -0.25) is 14.4 Å². The molecule has 5 nitrogen and oxygen atoms in total. The first-order chi connectivity index (χ1) is 47.5. The number of hydrogen-bond acceptors (Lipinski definition) is 5. The molecule has 6 bridgehead atoms. The predicted octanol–water partition coefficient (Wildman–Crippen LogP) is 22.9. The summed E-state index contributed by atoms with van der Waals surface area (Å²) in [6.45, 7) is 4.64. The quantitative estimate of drug-likeness (QED) is 0.0313. The summed E-state index contributed by atoms with van der Waals surface area (Å²) in [4.78, 5) is 47.5. The lowest BCUT2D eigenvalue weighted by molar-refractivity contribution is -0.125. The van der Waals surface area contributed by atoms with Crippen LogP contribution in [-0.4, -0.2) is 17.3 Å². The van der Waals surface area contributed by atoms with Crippen LogP contribution in [0.5, 0.6) is 0 Å². The van der Waals surface area contributed by atoms with Gasteiger partial charge in [-0.15, -0.1) is 0 Å². The number of carbonyl (C=O) groups is 3. The van der Waals surface area contributed by atoms with E-state index >= 15 is 4.79 Å². The molecule has 5 aromatic rings. The Labute approximate surface area is 575 Å². The van der Waals surface area contributed by atoms with Gasteiger partial charge >= 0.3 is 0 Å². The summed E-state index contributed by atoms with van der Waals surface area (Å²) in [5.74, 6) is 1.39. The highest BCUT2D eigenvalue weighted by molar-refractivity contribution is 6.30. The van der Waals surface area contributed by atoms with E-state index in [0.717, 1.165) is 109 Å². The van der Waals surface area contributed by atoms with E-state index < -0.39 is 10.8 Å². The van der Waals surface area contributed by atoms with Crippen LogP contribution in [0.25, 0.3) is 11.1 Å². The Morgan fingerprint density at radius 2 is 0.688 bits per heavy atom. The molecule has 0 amide bonds. The number of ketones is 3. The summed E-state index contributed by atoms with van der Waals surface area (Å²) in [5, 5.41) is 0. The lowest BCUT2D eigenvalue weighted by Crippen LogP contribution is -2.47. The SMILES string of the molecule is CCCCCCCCCCCCc1c2c(c(CCCCCCCCCCCC)c3c1[C@@H]1OC3C3C1[C@]1(c4ccccc4)C(=O)[C@@]3(c3ccccc3)C(c3ccccc3)=C1c1ccccc1)[C@@H]1O[C@H]2[C@@H]2[C@H]1[C@H]1CCCCCC[C@@H]3C4=C(C(=O)C=CC4=O)[C@@H]4CCCCCC[C@@H]2C4=C31. The molecule has 3 saturated carbocycles. The number of hydrogen-bond donors (Lipinski definition) is 0. The van der Waals surface area contributed by atoms with Crippen molar-refractivity contribution in [2.45, 2.75) is 267 Å². The second-order valence-electron chi connectivity index (χ2n) is 31.9. The average Bonchev–Trinajstić information content (AvgIpc) is 1.44. The molecule has 5 aromatic carbocycles. The van der Waals surface area contributed by atoms with Gasteiger partial charge < -0.3 is 9.47 Å². The van der Waals surface area contributed by atoms with Crippen molar-refractivity contribution in [3.05, 3.63) is 211 Å². The highest BCUT2D eigenvalue weighted by Gasteiger charge is 2.83. The summed E-state index contributed by atoms with van der Waals surface area (Å²) < 4.78 is 16.6. The predicted molar refractivity (Wildman–Crippen MR) is 388 cm³/mol. The second kappa shape index (κ2) is 28.0. The van der Waals surface area contributed by atoms with E-state index in [1.165, 1.54) is 187 Å². The fraction of sp³-hybridized carbons (Fsp3) is 0.549. The number of rotatable bonds is 26. The Kier molecular flexibility index (Phi) is 18.8. The molecule has 14 atom stereocenters. The van der Waals surface area contributed by atoms with E-state index in [2.05, 4.69) is 135 Å². The van der Waals surface area contributed by atoms with E-state index in [-0.39, 0.29) is 59.7 Å². The van der Waals surface area contributed by atoms with Crippen molar-refractivity contribution in [2.24, 2.45) is 47.3 Å². The lowest BCUT2D eigenvalue weighted by atomic mass is 9.49. The Bertz CT molecular complexity index is 3570. The fourth-order valence-corrected chi connectivity index (χ4v) is 23.4. The third kappa shape index (κ3) is 10.4. The molecule has 4 aliphatic heterocycles. The van der Waals surface area contributed by atoms with Crippen LogP contribution >= 0.6 is 0 Å². The zero-order valence-electron chi connectivity index (χ0n) is 58.2. The van der Waals surface area contributed by atoms with Crippen LogP contribution in [0.3, 0.4) is 0 Å². The van der Waals surface area contributed by atoms with Crippen LogP contribution < -0.4 is 0 Å². The van der Waals surface area contributed by atoms with Crippen molar-refractivity contribution >= 4 is 28.5 Å². The van der Waals surface area contributed by atoms with Gasteiger partial charge in [0.05, 0.1) is 35.2 Å². The molecule has 0 aromatic heterocycles. The van der Waals surface area contributed by atoms with Crippen molar-refractivity contribution in [3.8, 4) is 0 Å². The van der Waals surface area contributed by atoms with Gasteiger partial charge in [-0.05, 0) is 142 Å². The maximum Gasteiger partial charge on any atom is 0.183 e. The van der Waals surface area contributed by atoms with Gasteiger partial charge in [-0.2, -0.15) is 0 Å². The van der Waals surface area contributed by atoms with Crippen LogP contribution in [0.15, 0.2) is 156 Å². The highest BCUT2D eigenvalue weighted by atomic mass is 16.5. The standard InChI is InChI=1S/C91H108O5/c1-3-5-7-9-11-13-15-17-19-37-55-67-77-78(86-76-66-54-42-24-22-40-52-64-72(66)71-63(73-69(92)57-58-70(93)74(64)73)51-39-21-23-41-53-65(71)75(76)85(77)95-86)68(56-38-20-18-16-14-12-10-8-6-4-2)80-79(67)87-83-84(88(80)96-87)91(62-49-35-28-36-50-62)82(60-45-31-26-32-46-60)81(59-43-29-25-30-44-59)90(83,89(91)94)61-47-33-27-34-48-61/h25-36,43-50,57-58,63-66,75-76,83-88H,3-24,37-42,51-56H2,1-2H3/t63-,64+,65-,66+,75+,76-,83?,84?,85+,86-,87+,88?,90-,91+/m1/s1. The molecule has 0 spiro atoms. The van der Waals surface area contributed by atoms with Gasteiger partial charge in [0.2, 0.25) is 0 Å². The number of allylic oxidation sites excluding steroid dienone is 8. The minimum atomic E-state index is -1.02. The number of unbranched alkanes of at least 4 members (excludes halogenated alkanes) is 18. The van der Waals surface area contributed by atoms with Crippen LogP contribution in [0.2, 0.25) is 0 Å². The van der Waals surface area contributed by atoms with Gasteiger partial charge in [0.1, 0.15) is 0 Å². The number of benzene rings is 5. The average molecular weight is 1280 g/mol. The summed E-state index contributed by atoms with van der Waals surface area (Å²) in [6, 6.07) is 44.4. The van der Waals surface area contributed by atoms with E-state index in [1.807, 2.05) is 0 Å². The molecule has 96 heavy (non-hydrogen) atoms. The molecule has 0 N–H and O–H groups in total. The molecule has 4 heterocycles. The third-order valence-corrected chi connectivity index (χ3v) is 26.9. The largest absolute Gasteiger partial charge is 0.365 e. The van der Waals surface area contributed by atoms with E-state index in [4.69, 9.17) is 9.47 Å². The molecule has 16 rings (SSSR count). The molecular weight excluding hydrogens is 1170 g/mol. The maximum atomic E-state index is 17.9. The van der Waals surface area contributed by atoms with Crippen molar-refractivity contribution in [1.82, 2.24) is 0 Å². The topological polar surface area (TPSA) is 69.7 Å². The molecule has 2 saturated heterocycles. The minimum absolute atomic E-state index is 0.00624. The number of carbonyl (C=O) groups excluding carboxylic acids is 3. The summed E-state index contributed by atoms with van der Waals surface area (Å²) in [5.41, 5.74) is 18.8. The van der Waals surface area contributed by atoms with E-state index in [0.29, 0.717) is 29.5 Å². The van der Waals surface area contributed by atoms with E-state index in [1.54, 1.807) is 23.3 Å². The molecule has 11 aliphatic rings. The monoisotopic (exact) mass is 1280 g/mol. The number of Topliss-reactive ketones (excluding diaryl/α,β-unsaturated/α-hetero) is 1. The van der Waals surface area contributed by atoms with Gasteiger partial charge in [-0.1, -0.05) is 313 Å². The molecule has 502 valence electrons. The van der Waals surface area contributed by atoms with Gasteiger partial charge in [0.25, 0.3) is 0 Å². The number of fused-ring (bicyclic) bond motifs is 24. The molecule has 5 fully saturated rings. The lowest BCUT2D eigenvalue weighted by Gasteiger charge is -2.53. The molecule has 5 heteroatoms. The smallest absolute Gasteiger partial charge is 0.183 e. The Morgan fingerprint density at radius 1 is 0.365 bits per heavy atom. The van der Waals surface area contributed by atoms with Crippen LogP contribution in [-0.2, 0) is 47.5 Å². The van der Waals surface area contributed by atoms with Gasteiger partial charge in [0, 0.05) is 46.7 Å². The van der Waals surface area contributed by atoms with Gasteiger partial charge in [-0.25, -0.2) is 0 Å². The summed E-state index contributed by atoms with van der Waals surface area (Å²) >= 11 is 0. The molecule has 3 unspecified atom stereocenters. The zero-order chi connectivity index (χ0) is 64.9. The first-order valence-corrected chi connectivity index (χ1v) is 39.7. The zero-order valence-corrected chi connectivity index (χ0v) is 58.2. The summed E-state index contributed by atoms with van der Waals surface area (Å²) in [7, 11) is 0. The van der Waals surface area contributed by atoms with E-state index in [9.17, 15) is 9.59 Å². The van der Waals surface area contributed by atoms with Crippen molar-refractivity contribution in [1.29, 1.82) is 0 Å². The Hall–Kier alpha value is -6.01. The molecule has 0 radical (unpaired) electrons. The highest BCUT2D eigenvalue weighted by Crippen LogP contribution is 2.83. The van der Waals surface area contributed by atoms with Crippen molar-refractivity contribution in [3.63, 3.8) is 0 Å². The van der Waals surface area contributed by atoms with Crippen LogP contribution in [0.4, 0.5) is 0 Å². The normalized spacial score (nSPS) is 31.1. The Balaban J connectivity index is 0.906. The van der Waals surface area contributed by atoms with Gasteiger partial charge in [0.15, 0.2) is 17.3 Å². The van der Waals surface area contributed by atoms with Crippen molar-refractivity contribution < 1.29 is 23.9 Å². The van der Waals surface area contributed by atoms with Crippen LogP contribution in [0.1, 0.15) is 299 Å². The first kappa shape index (κ1) is 64.7. The minimum Gasteiger partial charge on any atom is -0.365 e. The molecular formula is C91H108O5. The maximum absolute atomic E-state index is 17.9. The Morgan fingerprint density at radius 3 is 1.06 bits per heavy atom. The number of ether oxygens (including phenoxy) is 2.